The Kier molecular flexibility index (Phi) is 6.67. The minimum absolute atomic E-state index is 0.0576. The second-order valence-corrected chi connectivity index (χ2v) is 7.93. The topological polar surface area (TPSA) is 50.1 Å². The molecule has 0 spiro atoms. The molecular weight excluding hydrogens is 372 g/mol. The molecule has 0 radical (unpaired) electrons. The van der Waals surface area contributed by atoms with E-state index < -0.39 is 0 Å². The second-order valence-electron chi connectivity index (χ2n) is 7.93. The highest BCUT2D eigenvalue weighted by atomic mass is 15.6. The Hall–Kier alpha value is -2.83. The Bertz CT molecular complexity index is 926. The summed E-state index contributed by atoms with van der Waals surface area (Å²) in [5, 5.41) is 12.9. The Morgan fingerprint density at radius 3 is 2.43 bits per heavy atom. The molecule has 4 rings (SSSR count). The lowest BCUT2D eigenvalue weighted by Gasteiger charge is -2.38. The highest BCUT2D eigenvalue weighted by Crippen LogP contribution is 2.28. The van der Waals surface area contributed by atoms with Gasteiger partial charge in [0.05, 0.1) is 6.04 Å². The first-order chi connectivity index (χ1) is 14.7. The highest BCUT2D eigenvalue weighted by Gasteiger charge is 2.30. The molecule has 0 saturated carbocycles. The van der Waals surface area contributed by atoms with Gasteiger partial charge in [0.1, 0.15) is 0 Å². The number of hydrogen-bond donors (Lipinski definition) is 0. The molecule has 0 aliphatic carbocycles. The molecule has 30 heavy (non-hydrogen) atoms. The lowest BCUT2D eigenvalue weighted by Crippen LogP contribution is -2.48. The van der Waals surface area contributed by atoms with Crippen LogP contribution in [0.25, 0.3) is 0 Å². The van der Waals surface area contributed by atoms with Crippen LogP contribution >= 0.6 is 0 Å². The molecule has 2 aromatic carbocycles. The van der Waals surface area contributed by atoms with Gasteiger partial charge in [-0.1, -0.05) is 66.2 Å². The van der Waals surface area contributed by atoms with Crippen LogP contribution in [0.1, 0.15) is 28.6 Å². The van der Waals surface area contributed by atoms with Crippen LogP contribution in [-0.4, -0.2) is 62.7 Å². The Balaban J connectivity index is 1.58. The molecular formula is C24H30N6. The van der Waals surface area contributed by atoms with Gasteiger partial charge in [-0.3, -0.25) is 9.80 Å². The van der Waals surface area contributed by atoms with Gasteiger partial charge < -0.3 is 0 Å². The van der Waals surface area contributed by atoms with Crippen LogP contribution in [0.4, 0.5) is 0 Å². The van der Waals surface area contributed by atoms with E-state index in [9.17, 15) is 0 Å². The molecule has 6 heteroatoms. The van der Waals surface area contributed by atoms with Gasteiger partial charge in [0.25, 0.3) is 0 Å². The van der Waals surface area contributed by atoms with E-state index in [-0.39, 0.29) is 6.04 Å². The fraction of sp³-hybridized carbons (Fsp3) is 0.375. The third-order valence-corrected chi connectivity index (χ3v) is 5.81. The van der Waals surface area contributed by atoms with E-state index in [1.54, 1.807) is 0 Å². The molecule has 1 saturated heterocycles. The number of tetrazole rings is 1. The molecule has 156 valence electrons. The maximum Gasteiger partial charge on any atom is 0.173 e. The zero-order valence-electron chi connectivity index (χ0n) is 17.7. The van der Waals surface area contributed by atoms with E-state index >= 15 is 0 Å². The number of hydrogen-bond acceptors (Lipinski definition) is 5. The lowest BCUT2D eigenvalue weighted by molar-refractivity contribution is 0.112. The SMILES string of the molecule is C=CCN1CCN(C(c2ccc(C)cc2)c2nnnn2CCc2ccccc2)CC1. The van der Waals surface area contributed by atoms with Crippen molar-refractivity contribution in [1.82, 2.24) is 30.0 Å². The Morgan fingerprint density at radius 2 is 1.73 bits per heavy atom. The van der Waals surface area contributed by atoms with Crippen molar-refractivity contribution in [2.75, 3.05) is 32.7 Å². The van der Waals surface area contributed by atoms with Gasteiger partial charge in [-0.05, 0) is 34.9 Å². The summed E-state index contributed by atoms with van der Waals surface area (Å²) in [5.41, 5.74) is 3.80. The Morgan fingerprint density at radius 1 is 1.00 bits per heavy atom. The fourth-order valence-electron chi connectivity index (χ4n) is 4.10. The molecule has 1 unspecified atom stereocenters. The predicted molar refractivity (Wildman–Crippen MR) is 119 cm³/mol. The first-order valence-corrected chi connectivity index (χ1v) is 10.7. The maximum atomic E-state index is 4.49. The van der Waals surface area contributed by atoms with Crippen LogP contribution in [0.5, 0.6) is 0 Å². The van der Waals surface area contributed by atoms with Crippen LogP contribution in [0.2, 0.25) is 0 Å². The molecule has 0 amide bonds. The molecule has 1 aliphatic heterocycles. The third kappa shape index (κ3) is 4.83. The highest BCUT2D eigenvalue weighted by molar-refractivity contribution is 5.28. The molecule has 2 heterocycles. The largest absolute Gasteiger partial charge is 0.297 e. The normalized spacial score (nSPS) is 16.4. The average molecular weight is 403 g/mol. The van der Waals surface area contributed by atoms with Gasteiger partial charge in [0, 0.05) is 39.3 Å². The van der Waals surface area contributed by atoms with Gasteiger partial charge in [-0.2, -0.15) is 0 Å². The third-order valence-electron chi connectivity index (χ3n) is 5.81. The van der Waals surface area contributed by atoms with Crippen molar-refractivity contribution in [2.45, 2.75) is 25.9 Å². The van der Waals surface area contributed by atoms with Crippen molar-refractivity contribution in [3.8, 4) is 0 Å². The van der Waals surface area contributed by atoms with Crippen molar-refractivity contribution >= 4 is 0 Å². The second kappa shape index (κ2) is 9.78. The average Bonchev–Trinajstić information content (AvgIpc) is 3.24. The van der Waals surface area contributed by atoms with E-state index in [0.717, 1.165) is 51.5 Å². The fourth-order valence-corrected chi connectivity index (χ4v) is 4.10. The van der Waals surface area contributed by atoms with E-state index in [0.29, 0.717) is 0 Å². The minimum Gasteiger partial charge on any atom is -0.297 e. The van der Waals surface area contributed by atoms with Crippen molar-refractivity contribution in [3.05, 3.63) is 89.8 Å². The first-order valence-electron chi connectivity index (χ1n) is 10.7. The standard InChI is InChI=1S/C24H30N6/c1-3-14-28-16-18-29(19-17-28)23(22-11-9-20(2)10-12-22)24-25-26-27-30(24)15-13-21-7-5-4-6-8-21/h3-12,23H,1,13-19H2,2H3. The Labute approximate surface area is 178 Å². The van der Waals surface area contributed by atoms with Crippen molar-refractivity contribution in [2.24, 2.45) is 0 Å². The van der Waals surface area contributed by atoms with E-state index in [1.165, 1.54) is 16.7 Å². The van der Waals surface area contributed by atoms with E-state index in [4.69, 9.17) is 0 Å². The predicted octanol–water partition coefficient (Wildman–Crippen LogP) is 3.12. The summed E-state index contributed by atoms with van der Waals surface area (Å²) in [7, 11) is 0. The smallest absolute Gasteiger partial charge is 0.173 e. The van der Waals surface area contributed by atoms with E-state index in [1.807, 2.05) is 16.8 Å². The van der Waals surface area contributed by atoms with Crippen LogP contribution in [0.3, 0.4) is 0 Å². The van der Waals surface area contributed by atoms with Gasteiger partial charge in [-0.15, -0.1) is 11.7 Å². The molecule has 1 aromatic heterocycles. The molecule has 6 nitrogen and oxygen atoms in total. The van der Waals surface area contributed by atoms with Crippen LogP contribution in [-0.2, 0) is 13.0 Å². The van der Waals surface area contributed by atoms with Gasteiger partial charge in [0.2, 0.25) is 0 Å². The molecule has 0 bridgehead atoms. The van der Waals surface area contributed by atoms with Crippen LogP contribution in [0.15, 0.2) is 67.3 Å². The number of piperazine rings is 1. The summed E-state index contributed by atoms with van der Waals surface area (Å²) in [5.74, 6) is 0.923. The quantitative estimate of drug-likeness (QED) is 0.542. The lowest BCUT2D eigenvalue weighted by atomic mass is 10.0. The summed E-state index contributed by atoms with van der Waals surface area (Å²) in [4.78, 5) is 4.95. The number of benzene rings is 2. The molecule has 1 aliphatic rings. The maximum absolute atomic E-state index is 4.49. The summed E-state index contributed by atoms with van der Waals surface area (Å²) in [6, 6.07) is 19.3. The minimum atomic E-state index is 0.0576. The van der Waals surface area contributed by atoms with Gasteiger partial charge in [0.15, 0.2) is 5.82 Å². The van der Waals surface area contributed by atoms with Crippen molar-refractivity contribution in [3.63, 3.8) is 0 Å². The van der Waals surface area contributed by atoms with Crippen molar-refractivity contribution in [1.29, 1.82) is 0 Å². The summed E-state index contributed by atoms with van der Waals surface area (Å²) in [6.07, 6.45) is 2.89. The number of aromatic nitrogens is 4. The van der Waals surface area contributed by atoms with E-state index in [2.05, 4.69) is 87.4 Å². The molecule has 0 N–H and O–H groups in total. The summed E-state index contributed by atoms with van der Waals surface area (Å²) >= 11 is 0. The molecule has 1 fully saturated rings. The summed E-state index contributed by atoms with van der Waals surface area (Å²) in [6.45, 7) is 11.7. The monoisotopic (exact) mass is 402 g/mol. The van der Waals surface area contributed by atoms with Gasteiger partial charge >= 0.3 is 0 Å². The first kappa shape index (κ1) is 20.4. The summed E-state index contributed by atoms with van der Waals surface area (Å²) < 4.78 is 1.98. The zero-order chi connectivity index (χ0) is 20.8. The van der Waals surface area contributed by atoms with Gasteiger partial charge in [-0.25, -0.2) is 4.68 Å². The molecule has 3 aromatic rings. The zero-order valence-corrected chi connectivity index (χ0v) is 17.7. The number of aryl methyl sites for hydroxylation is 3. The number of nitrogens with zero attached hydrogens (tertiary/aromatic N) is 6. The molecule has 1 atom stereocenters. The van der Waals surface area contributed by atoms with Crippen LogP contribution in [0, 0.1) is 6.92 Å². The van der Waals surface area contributed by atoms with Crippen LogP contribution < -0.4 is 0 Å². The number of rotatable bonds is 8. The van der Waals surface area contributed by atoms with Crippen molar-refractivity contribution < 1.29 is 0 Å².